The molecule has 204 valence electrons. The minimum Gasteiger partial charge on any atom is -0.353 e. The zero-order chi connectivity index (χ0) is 25.8. The molecule has 1 aromatic carbocycles. The summed E-state index contributed by atoms with van der Waals surface area (Å²) in [6.07, 6.45) is 16.9. The van der Waals surface area contributed by atoms with Gasteiger partial charge in [-0.05, 0) is 48.6 Å². The molecule has 3 rings (SSSR count). The first kappa shape index (κ1) is 28.9. The molecule has 2 aliphatic rings. The second kappa shape index (κ2) is 15.6. The summed E-state index contributed by atoms with van der Waals surface area (Å²) in [6.45, 7) is 12.9. The Kier molecular flexibility index (Phi) is 12.5. The first-order chi connectivity index (χ1) is 17.5. The van der Waals surface area contributed by atoms with E-state index in [1.165, 1.54) is 74.6 Å². The van der Waals surface area contributed by atoms with Gasteiger partial charge in [-0.25, -0.2) is 10.5 Å². The lowest BCUT2D eigenvalue weighted by atomic mass is 9.92. The fraction of sp³-hybridized carbons (Fsp3) is 0.767. The number of nitrogens with one attached hydrogen (secondary N) is 1. The molecule has 2 heterocycles. The first-order valence-corrected chi connectivity index (χ1v) is 14.8. The zero-order valence-electron chi connectivity index (χ0n) is 23.7. The van der Waals surface area contributed by atoms with Crippen LogP contribution in [0, 0.1) is 0 Å². The Labute approximate surface area is 220 Å². The van der Waals surface area contributed by atoms with Crippen LogP contribution >= 0.6 is 0 Å². The highest BCUT2D eigenvalue weighted by Gasteiger charge is 2.29. The molecular formula is C30H52N4O2. The van der Waals surface area contributed by atoms with Crippen molar-refractivity contribution in [3.05, 3.63) is 29.3 Å². The second-order valence-electron chi connectivity index (χ2n) is 11.2. The van der Waals surface area contributed by atoms with Crippen molar-refractivity contribution in [2.24, 2.45) is 5.10 Å². The van der Waals surface area contributed by atoms with E-state index in [1.807, 2.05) is 6.34 Å². The van der Waals surface area contributed by atoms with Crippen LogP contribution in [0.2, 0.25) is 0 Å². The number of hydrogen-bond acceptors (Lipinski definition) is 6. The predicted octanol–water partition coefficient (Wildman–Crippen LogP) is 7.86. The van der Waals surface area contributed by atoms with Crippen molar-refractivity contribution in [2.75, 3.05) is 18.2 Å². The van der Waals surface area contributed by atoms with Crippen molar-refractivity contribution in [3.63, 3.8) is 0 Å². The number of ether oxygens (including phenoxy) is 2. The lowest BCUT2D eigenvalue weighted by Gasteiger charge is -2.35. The maximum Gasteiger partial charge on any atom is 0.158 e. The third kappa shape index (κ3) is 8.74. The Bertz CT molecular complexity index is 750. The molecule has 0 radical (unpaired) electrons. The Hall–Kier alpha value is -1.63. The van der Waals surface area contributed by atoms with E-state index in [1.54, 1.807) is 0 Å². The van der Waals surface area contributed by atoms with Crippen LogP contribution in [0.1, 0.15) is 135 Å². The predicted molar refractivity (Wildman–Crippen MR) is 151 cm³/mol. The van der Waals surface area contributed by atoms with Crippen LogP contribution < -0.4 is 10.5 Å². The Morgan fingerprint density at radius 2 is 1.64 bits per heavy atom. The smallest absolute Gasteiger partial charge is 0.158 e. The van der Waals surface area contributed by atoms with Gasteiger partial charge in [0.25, 0.3) is 0 Å². The highest BCUT2D eigenvalue weighted by molar-refractivity contribution is 5.82. The summed E-state index contributed by atoms with van der Waals surface area (Å²) in [5.41, 5.74) is 7.18. The third-order valence-corrected chi connectivity index (χ3v) is 7.41. The van der Waals surface area contributed by atoms with Crippen molar-refractivity contribution in [2.45, 2.75) is 136 Å². The second-order valence-corrected chi connectivity index (χ2v) is 11.2. The molecule has 6 heteroatoms. The third-order valence-electron chi connectivity index (χ3n) is 7.41. The van der Waals surface area contributed by atoms with Crippen LogP contribution in [-0.2, 0) is 9.47 Å². The molecule has 0 amide bonds. The average Bonchev–Trinajstić information content (AvgIpc) is 3.33. The molecule has 6 nitrogen and oxygen atoms in total. The summed E-state index contributed by atoms with van der Waals surface area (Å²) < 4.78 is 12.5. The van der Waals surface area contributed by atoms with Crippen LogP contribution in [0.3, 0.4) is 0 Å². The summed E-state index contributed by atoms with van der Waals surface area (Å²) >= 11 is 0. The molecule has 1 N–H and O–H groups in total. The molecule has 0 spiro atoms. The topological polar surface area (TPSA) is 49.3 Å². The minimum atomic E-state index is -0.0797. The van der Waals surface area contributed by atoms with Gasteiger partial charge in [-0.15, -0.1) is 5.12 Å². The number of hydrogen-bond donors (Lipinski definition) is 1. The monoisotopic (exact) mass is 500 g/mol. The number of nitrogens with zero attached hydrogens (tertiary/aromatic N) is 3. The van der Waals surface area contributed by atoms with Crippen LogP contribution in [0.15, 0.2) is 23.3 Å². The SMILES string of the molecule is CCCCCCCCCCC(CN1NN=CN1c1c(C(C)C)cccc1C(C)C)OC1CCCCO1. The molecule has 1 saturated heterocycles. The van der Waals surface area contributed by atoms with Crippen molar-refractivity contribution in [1.82, 2.24) is 10.7 Å². The molecule has 36 heavy (non-hydrogen) atoms. The standard InChI is InChI=1S/C30H52N4O2/c1-6-7-8-9-10-11-12-13-17-26(36-29-20-14-15-21-35-29)22-34-32-31-23-33(34)30-27(24(2)3)18-16-19-28(30)25(4)5/h16,18-19,23-26,29,32H,6-15,17,20-22H2,1-5H3. The number of anilines is 1. The van der Waals surface area contributed by atoms with E-state index < -0.39 is 0 Å². The van der Waals surface area contributed by atoms with Gasteiger partial charge in [0.2, 0.25) is 0 Å². The van der Waals surface area contributed by atoms with Crippen molar-refractivity contribution in [1.29, 1.82) is 0 Å². The Balaban J connectivity index is 1.65. The minimum absolute atomic E-state index is 0.0797. The van der Waals surface area contributed by atoms with Crippen LogP contribution in [0.4, 0.5) is 5.69 Å². The number of unbranched alkanes of at least 4 members (excludes halogenated alkanes) is 7. The summed E-state index contributed by atoms with van der Waals surface area (Å²) in [5, 5.41) is 8.79. The van der Waals surface area contributed by atoms with E-state index in [2.05, 4.69) is 73.6 Å². The number of para-hydroxylation sites is 1. The highest BCUT2D eigenvalue weighted by atomic mass is 16.7. The van der Waals surface area contributed by atoms with E-state index in [0.717, 1.165) is 32.4 Å². The summed E-state index contributed by atoms with van der Waals surface area (Å²) in [6, 6.07) is 6.69. The lowest BCUT2D eigenvalue weighted by molar-refractivity contribution is -0.193. The van der Waals surface area contributed by atoms with Gasteiger partial charge in [0.15, 0.2) is 6.29 Å². The molecular weight excluding hydrogens is 448 g/mol. The quantitative estimate of drug-likeness (QED) is 0.234. The number of rotatable bonds is 16. The van der Waals surface area contributed by atoms with Gasteiger partial charge in [-0.2, -0.15) is 5.10 Å². The van der Waals surface area contributed by atoms with Crippen molar-refractivity contribution in [3.8, 4) is 0 Å². The average molecular weight is 501 g/mol. The molecule has 2 unspecified atom stereocenters. The van der Waals surface area contributed by atoms with E-state index in [4.69, 9.17) is 9.47 Å². The van der Waals surface area contributed by atoms with Gasteiger partial charge >= 0.3 is 0 Å². The van der Waals surface area contributed by atoms with Crippen LogP contribution in [-0.4, -0.2) is 37.0 Å². The van der Waals surface area contributed by atoms with E-state index in [9.17, 15) is 0 Å². The fourth-order valence-electron chi connectivity index (χ4n) is 5.28. The lowest BCUT2D eigenvalue weighted by Crippen LogP contribution is -2.49. The van der Waals surface area contributed by atoms with Crippen molar-refractivity contribution < 1.29 is 9.47 Å². The first-order valence-electron chi connectivity index (χ1n) is 14.8. The molecule has 1 aromatic rings. The van der Waals surface area contributed by atoms with E-state index in [-0.39, 0.29) is 12.4 Å². The fourth-order valence-corrected chi connectivity index (χ4v) is 5.28. The molecule has 1 fully saturated rings. The summed E-state index contributed by atoms with van der Waals surface area (Å²) in [4.78, 5) is 0. The van der Waals surface area contributed by atoms with Gasteiger partial charge in [0, 0.05) is 6.61 Å². The Morgan fingerprint density at radius 3 is 2.25 bits per heavy atom. The normalized spacial score (nSPS) is 19.4. The Morgan fingerprint density at radius 1 is 0.972 bits per heavy atom. The maximum absolute atomic E-state index is 6.57. The molecule has 2 aliphatic heterocycles. The molecule has 2 atom stereocenters. The maximum atomic E-state index is 6.57. The number of benzene rings is 1. The van der Waals surface area contributed by atoms with Crippen molar-refractivity contribution >= 4 is 12.0 Å². The van der Waals surface area contributed by atoms with E-state index in [0.29, 0.717) is 11.8 Å². The summed E-state index contributed by atoms with van der Waals surface area (Å²) in [7, 11) is 0. The highest BCUT2D eigenvalue weighted by Crippen LogP contribution is 2.36. The zero-order valence-corrected chi connectivity index (χ0v) is 23.7. The van der Waals surface area contributed by atoms with Gasteiger partial charge in [-0.3, -0.25) is 0 Å². The van der Waals surface area contributed by atoms with Crippen LogP contribution in [0.25, 0.3) is 0 Å². The largest absolute Gasteiger partial charge is 0.353 e. The van der Waals surface area contributed by atoms with E-state index >= 15 is 0 Å². The van der Waals surface area contributed by atoms with Gasteiger partial charge < -0.3 is 9.47 Å². The van der Waals surface area contributed by atoms with Crippen LogP contribution in [0.5, 0.6) is 0 Å². The van der Waals surface area contributed by atoms with Gasteiger partial charge in [0.05, 0.1) is 18.3 Å². The van der Waals surface area contributed by atoms with Gasteiger partial charge in [-0.1, -0.05) is 104 Å². The molecule has 0 aliphatic carbocycles. The summed E-state index contributed by atoms with van der Waals surface area (Å²) in [5.74, 6) is 0.851. The van der Waals surface area contributed by atoms with Gasteiger partial charge in [0.1, 0.15) is 6.34 Å². The molecule has 0 saturated carbocycles. The molecule has 0 bridgehead atoms. The molecule has 0 aromatic heterocycles. The number of hydrazine groups is 2. The number of hydrazone groups is 1.